The molecule has 3 rings (SSSR count). The van der Waals surface area contributed by atoms with Crippen LogP contribution in [0.4, 0.5) is 0 Å². The summed E-state index contributed by atoms with van der Waals surface area (Å²) in [5.41, 5.74) is 1.26. The van der Waals surface area contributed by atoms with E-state index in [0.717, 1.165) is 30.8 Å². The van der Waals surface area contributed by atoms with E-state index in [2.05, 4.69) is 18.7 Å². The molecule has 2 saturated heterocycles. The summed E-state index contributed by atoms with van der Waals surface area (Å²) in [6, 6.07) is 2.17. The van der Waals surface area contributed by atoms with Crippen LogP contribution in [-0.4, -0.2) is 67.9 Å². The minimum Gasteiger partial charge on any atom is -0.335 e. The van der Waals surface area contributed by atoms with Gasteiger partial charge < -0.3 is 4.90 Å². The van der Waals surface area contributed by atoms with Gasteiger partial charge in [0.25, 0.3) is 5.91 Å². The first kappa shape index (κ1) is 16.9. The zero-order chi connectivity index (χ0) is 16.6. The van der Waals surface area contributed by atoms with Crippen LogP contribution in [0, 0.1) is 6.92 Å². The monoisotopic (exact) mass is 356 g/mol. The van der Waals surface area contributed by atoms with Gasteiger partial charge in [0.15, 0.2) is 9.84 Å². The number of carbonyl (C=O) groups is 1. The van der Waals surface area contributed by atoms with Crippen molar-refractivity contribution in [3.05, 3.63) is 21.4 Å². The van der Waals surface area contributed by atoms with E-state index >= 15 is 0 Å². The fourth-order valence-electron chi connectivity index (χ4n) is 3.49. The van der Waals surface area contributed by atoms with E-state index < -0.39 is 9.84 Å². The molecule has 0 spiro atoms. The summed E-state index contributed by atoms with van der Waals surface area (Å²) < 4.78 is 23.2. The molecular formula is C16H24N2O3S2. The Hall–Kier alpha value is -0.920. The maximum atomic E-state index is 12.6. The van der Waals surface area contributed by atoms with Gasteiger partial charge in [-0.05, 0) is 31.4 Å². The Morgan fingerprint density at radius 2 is 2.00 bits per heavy atom. The smallest absolute Gasteiger partial charge is 0.264 e. The Kier molecular flexibility index (Phi) is 4.80. The fourth-order valence-corrected chi connectivity index (χ4v) is 6.33. The van der Waals surface area contributed by atoms with Gasteiger partial charge in [-0.25, -0.2) is 8.42 Å². The molecule has 0 aliphatic carbocycles. The summed E-state index contributed by atoms with van der Waals surface area (Å²) in [6.07, 6.45) is 1.69. The van der Waals surface area contributed by atoms with Gasteiger partial charge in [-0.3, -0.25) is 9.69 Å². The van der Waals surface area contributed by atoms with Gasteiger partial charge in [0.2, 0.25) is 0 Å². The van der Waals surface area contributed by atoms with Crippen LogP contribution in [0.25, 0.3) is 0 Å². The van der Waals surface area contributed by atoms with Gasteiger partial charge >= 0.3 is 0 Å². The summed E-state index contributed by atoms with van der Waals surface area (Å²) >= 11 is 1.58. The Bertz CT molecular complexity index is 688. The van der Waals surface area contributed by atoms with Gasteiger partial charge in [-0.2, -0.15) is 0 Å². The molecule has 0 saturated carbocycles. The summed E-state index contributed by atoms with van der Waals surface area (Å²) in [7, 11) is -2.84. The average Bonchev–Trinajstić information content (AvgIpc) is 3.09. The molecule has 7 heteroatoms. The van der Waals surface area contributed by atoms with Crippen LogP contribution >= 0.6 is 11.3 Å². The quantitative estimate of drug-likeness (QED) is 0.825. The normalized spacial score (nSPS) is 25.0. The van der Waals surface area contributed by atoms with Crippen molar-refractivity contribution in [2.45, 2.75) is 32.7 Å². The highest BCUT2D eigenvalue weighted by Crippen LogP contribution is 2.25. The lowest BCUT2D eigenvalue weighted by atomic mass is 10.1. The third kappa shape index (κ3) is 3.61. The number of carbonyl (C=O) groups excluding carboxylic acids is 1. The lowest BCUT2D eigenvalue weighted by molar-refractivity contribution is 0.0592. The largest absolute Gasteiger partial charge is 0.335 e. The number of thiophene rings is 1. The van der Waals surface area contributed by atoms with E-state index in [-0.39, 0.29) is 17.7 Å². The molecule has 1 atom stereocenters. The minimum absolute atomic E-state index is 0.122. The molecule has 2 aliphatic heterocycles. The van der Waals surface area contributed by atoms with Gasteiger partial charge in [0.05, 0.1) is 16.4 Å². The van der Waals surface area contributed by atoms with E-state index in [1.165, 1.54) is 10.4 Å². The predicted molar refractivity (Wildman–Crippen MR) is 93.0 cm³/mol. The van der Waals surface area contributed by atoms with Crippen molar-refractivity contribution in [1.29, 1.82) is 0 Å². The highest BCUT2D eigenvalue weighted by Gasteiger charge is 2.34. The molecule has 2 aliphatic rings. The van der Waals surface area contributed by atoms with Gasteiger partial charge in [0, 0.05) is 37.1 Å². The molecule has 5 nitrogen and oxygen atoms in total. The maximum absolute atomic E-state index is 12.6. The molecule has 3 heterocycles. The number of rotatable bonds is 3. The molecule has 0 radical (unpaired) electrons. The number of hydrogen-bond donors (Lipinski definition) is 0. The highest BCUT2D eigenvalue weighted by molar-refractivity contribution is 7.91. The summed E-state index contributed by atoms with van der Waals surface area (Å²) in [5.74, 6) is 0.715. The van der Waals surface area contributed by atoms with E-state index in [1.807, 2.05) is 11.0 Å². The van der Waals surface area contributed by atoms with Gasteiger partial charge in [-0.15, -0.1) is 11.3 Å². The molecule has 23 heavy (non-hydrogen) atoms. The zero-order valence-corrected chi connectivity index (χ0v) is 15.4. The maximum Gasteiger partial charge on any atom is 0.264 e. The second-order valence-electron chi connectivity index (χ2n) is 6.43. The SMILES string of the molecule is CCc1cc(C(=O)N2CCN(C3CCS(=O)(=O)C3)CC2)sc1C. The topological polar surface area (TPSA) is 57.7 Å². The first-order valence-electron chi connectivity index (χ1n) is 8.22. The average molecular weight is 357 g/mol. The standard InChI is InChI=1S/C16H24N2O3S2/c1-3-13-10-15(22-12(13)2)16(19)18-7-5-17(6-8-18)14-4-9-23(20,21)11-14/h10,14H,3-9,11H2,1-2H3. The summed E-state index contributed by atoms with van der Waals surface area (Å²) in [6.45, 7) is 7.10. The Morgan fingerprint density at radius 3 is 2.52 bits per heavy atom. The molecule has 0 aromatic carbocycles. The predicted octanol–water partition coefficient (Wildman–Crippen LogP) is 1.56. The molecule has 1 aromatic rings. The van der Waals surface area contributed by atoms with Crippen molar-refractivity contribution in [1.82, 2.24) is 9.80 Å². The first-order chi connectivity index (χ1) is 10.9. The van der Waals surface area contributed by atoms with Crippen molar-refractivity contribution >= 4 is 27.1 Å². The molecular weight excluding hydrogens is 332 g/mol. The van der Waals surface area contributed by atoms with Gasteiger partial charge in [0.1, 0.15) is 0 Å². The molecule has 0 bridgehead atoms. The van der Waals surface area contributed by atoms with E-state index in [1.54, 1.807) is 11.3 Å². The van der Waals surface area contributed by atoms with Crippen LogP contribution in [0.5, 0.6) is 0 Å². The number of nitrogens with zero attached hydrogens (tertiary/aromatic N) is 2. The second-order valence-corrected chi connectivity index (χ2v) is 9.92. The molecule has 1 unspecified atom stereocenters. The molecule has 128 valence electrons. The number of sulfone groups is 1. The van der Waals surface area contributed by atoms with E-state index in [0.29, 0.717) is 18.8 Å². The molecule has 1 aromatic heterocycles. The van der Waals surface area contributed by atoms with E-state index in [4.69, 9.17) is 0 Å². The summed E-state index contributed by atoms with van der Waals surface area (Å²) in [5, 5.41) is 0. The number of piperazine rings is 1. The van der Waals surface area contributed by atoms with Gasteiger partial charge in [-0.1, -0.05) is 6.92 Å². The zero-order valence-electron chi connectivity index (χ0n) is 13.7. The molecule has 1 amide bonds. The van der Waals surface area contributed by atoms with Crippen molar-refractivity contribution in [2.24, 2.45) is 0 Å². The number of hydrogen-bond acceptors (Lipinski definition) is 5. The van der Waals surface area contributed by atoms with Crippen molar-refractivity contribution in [3.63, 3.8) is 0 Å². The third-order valence-electron chi connectivity index (χ3n) is 4.94. The van der Waals surface area contributed by atoms with Crippen LogP contribution in [-0.2, 0) is 16.3 Å². The molecule has 0 N–H and O–H groups in total. The number of aryl methyl sites for hydroxylation is 2. The Labute approximate surface area is 142 Å². The second kappa shape index (κ2) is 6.53. The first-order valence-corrected chi connectivity index (χ1v) is 10.9. The van der Waals surface area contributed by atoms with Crippen LogP contribution in [0.3, 0.4) is 0 Å². The number of amides is 1. The third-order valence-corrected chi connectivity index (χ3v) is 7.77. The van der Waals surface area contributed by atoms with Crippen molar-refractivity contribution in [2.75, 3.05) is 37.7 Å². The Morgan fingerprint density at radius 1 is 1.30 bits per heavy atom. The van der Waals surface area contributed by atoms with Crippen molar-refractivity contribution < 1.29 is 13.2 Å². The van der Waals surface area contributed by atoms with Crippen LogP contribution in [0.2, 0.25) is 0 Å². The van der Waals surface area contributed by atoms with Crippen LogP contribution in [0.15, 0.2) is 6.07 Å². The Balaban J connectivity index is 1.59. The lowest BCUT2D eigenvalue weighted by Crippen LogP contribution is -2.52. The minimum atomic E-state index is -2.84. The highest BCUT2D eigenvalue weighted by atomic mass is 32.2. The summed E-state index contributed by atoms with van der Waals surface area (Å²) in [4.78, 5) is 18.8. The van der Waals surface area contributed by atoms with E-state index in [9.17, 15) is 13.2 Å². The van der Waals surface area contributed by atoms with Crippen LogP contribution < -0.4 is 0 Å². The van der Waals surface area contributed by atoms with Crippen LogP contribution in [0.1, 0.15) is 33.5 Å². The lowest BCUT2D eigenvalue weighted by Gasteiger charge is -2.37. The fraction of sp³-hybridized carbons (Fsp3) is 0.688. The van der Waals surface area contributed by atoms with Crippen molar-refractivity contribution in [3.8, 4) is 0 Å². The molecule has 2 fully saturated rings.